The molecule has 1 aliphatic carbocycles. The number of nitrogens with one attached hydrogen (secondary N) is 1. The minimum atomic E-state index is -0.760. The van der Waals surface area contributed by atoms with Crippen LogP contribution in [0.2, 0.25) is 0 Å². The lowest BCUT2D eigenvalue weighted by molar-refractivity contribution is 0.0845. The molecule has 0 fully saturated rings. The van der Waals surface area contributed by atoms with Crippen LogP contribution in [0, 0.1) is 6.92 Å². The maximum atomic E-state index is 13.2. The molecule has 0 saturated carbocycles. The second-order valence-corrected chi connectivity index (χ2v) is 8.88. The van der Waals surface area contributed by atoms with Crippen molar-refractivity contribution in [1.82, 2.24) is 10.5 Å². The second-order valence-electron chi connectivity index (χ2n) is 8.88. The fourth-order valence-electron chi connectivity index (χ4n) is 3.89. The van der Waals surface area contributed by atoms with E-state index in [1.54, 1.807) is 6.07 Å². The van der Waals surface area contributed by atoms with Gasteiger partial charge in [0, 0.05) is 5.56 Å². The van der Waals surface area contributed by atoms with Gasteiger partial charge in [0.1, 0.15) is 5.69 Å². The molecule has 1 aliphatic rings. The summed E-state index contributed by atoms with van der Waals surface area (Å²) < 4.78 is 4.99. The number of carbonyl (C=O) groups excluding carboxylic acids is 2. The predicted molar refractivity (Wildman–Crippen MR) is 110 cm³/mol. The van der Waals surface area contributed by atoms with Crippen molar-refractivity contribution >= 4 is 11.9 Å². The average molecular weight is 396 g/mol. The van der Waals surface area contributed by atoms with Gasteiger partial charge in [-0.15, -0.1) is 0 Å². The van der Waals surface area contributed by atoms with Crippen LogP contribution >= 0.6 is 0 Å². The number of fused-ring (bicyclic) bond motifs is 1. The smallest absolute Gasteiger partial charge is 0.407 e. The van der Waals surface area contributed by atoms with Crippen molar-refractivity contribution in [3.05, 3.63) is 58.4 Å². The number of benzene rings is 1. The first-order valence-electron chi connectivity index (χ1n) is 9.72. The summed E-state index contributed by atoms with van der Waals surface area (Å²) in [7, 11) is 1.31. The van der Waals surface area contributed by atoms with E-state index in [1.165, 1.54) is 30.5 Å². The predicted octanol–water partition coefficient (Wildman–Crippen LogP) is 4.62. The van der Waals surface area contributed by atoms with Crippen LogP contribution in [-0.4, -0.2) is 24.0 Å². The molecular weight excluding hydrogens is 368 g/mol. The summed E-state index contributed by atoms with van der Waals surface area (Å²) in [6, 6.07) is 7.31. The average Bonchev–Trinajstić information content (AvgIpc) is 2.65. The third-order valence-electron chi connectivity index (χ3n) is 5.81. The molecule has 1 amide bonds. The zero-order chi connectivity index (χ0) is 21.4. The number of ether oxygens (including phenoxy) is 1. The number of hydrogen-bond acceptors (Lipinski definition) is 5. The van der Waals surface area contributed by atoms with E-state index in [4.69, 9.17) is 4.74 Å². The van der Waals surface area contributed by atoms with Gasteiger partial charge in [0.2, 0.25) is 5.78 Å². The van der Waals surface area contributed by atoms with Crippen molar-refractivity contribution in [3.8, 4) is 5.75 Å². The molecule has 6 nitrogen and oxygen atoms in total. The Kier molecular flexibility index (Phi) is 5.50. The SMILES string of the molecule is CONC(=O)Oc1ccc(C(=O)c2cc3c(cc2C)C(C)(C)CCC3(C)C)nc1. The van der Waals surface area contributed by atoms with Gasteiger partial charge in [-0.1, -0.05) is 33.8 Å². The number of pyridine rings is 1. The number of aromatic nitrogens is 1. The molecule has 0 aliphatic heterocycles. The number of hydrogen-bond donors (Lipinski definition) is 1. The Morgan fingerprint density at radius 1 is 1.03 bits per heavy atom. The summed E-state index contributed by atoms with van der Waals surface area (Å²) in [5, 5.41) is 0. The highest BCUT2D eigenvalue weighted by molar-refractivity contribution is 6.08. The van der Waals surface area contributed by atoms with Crippen LogP contribution in [0.4, 0.5) is 4.79 Å². The molecule has 1 aromatic carbocycles. The van der Waals surface area contributed by atoms with Crippen LogP contribution in [0.15, 0.2) is 30.5 Å². The van der Waals surface area contributed by atoms with E-state index in [9.17, 15) is 9.59 Å². The van der Waals surface area contributed by atoms with E-state index in [0.717, 1.165) is 18.4 Å². The highest BCUT2D eigenvalue weighted by Crippen LogP contribution is 2.46. The van der Waals surface area contributed by atoms with Gasteiger partial charge in [-0.25, -0.2) is 9.78 Å². The van der Waals surface area contributed by atoms with Gasteiger partial charge in [-0.05, 0) is 65.5 Å². The molecule has 3 rings (SSSR count). The number of amides is 1. The number of ketones is 1. The molecule has 0 radical (unpaired) electrons. The van der Waals surface area contributed by atoms with Gasteiger partial charge < -0.3 is 4.74 Å². The lowest BCUT2D eigenvalue weighted by Crippen LogP contribution is -2.34. The zero-order valence-electron chi connectivity index (χ0n) is 17.9. The molecule has 1 heterocycles. The van der Waals surface area contributed by atoms with Gasteiger partial charge in [-0.3, -0.25) is 9.63 Å². The first-order valence-corrected chi connectivity index (χ1v) is 9.72. The van der Waals surface area contributed by atoms with Gasteiger partial charge in [-0.2, -0.15) is 5.48 Å². The highest BCUT2D eigenvalue weighted by Gasteiger charge is 2.37. The Morgan fingerprint density at radius 2 is 1.66 bits per heavy atom. The van der Waals surface area contributed by atoms with E-state index in [1.807, 2.05) is 13.0 Å². The fraction of sp³-hybridized carbons (Fsp3) is 0.435. The molecule has 0 unspecified atom stereocenters. The minimum Gasteiger partial charge on any atom is -0.407 e. The number of nitrogens with zero attached hydrogens (tertiary/aromatic N) is 1. The minimum absolute atomic E-state index is 0.0212. The molecule has 154 valence electrons. The topological polar surface area (TPSA) is 77.5 Å². The van der Waals surface area contributed by atoms with Crippen LogP contribution in [0.1, 0.15) is 73.3 Å². The fourth-order valence-corrected chi connectivity index (χ4v) is 3.89. The van der Waals surface area contributed by atoms with E-state index in [2.05, 4.69) is 49.1 Å². The summed E-state index contributed by atoms with van der Waals surface area (Å²) in [4.78, 5) is 33.2. The third kappa shape index (κ3) is 4.17. The Morgan fingerprint density at radius 3 is 2.21 bits per heavy atom. The molecule has 1 N–H and O–H groups in total. The molecule has 0 bridgehead atoms. The summed E-state index contributed by atoms with van der Waals surface area (Å²) in [6.07, 6.45) is 2.80. The van der Waals surface area contributed by atoms with E-state index in [0.29, 0.717) is 11.3 Å². The maximum absolute atomic E-state index is 13.2. The summed E-state index contributed by atoms with van der Waals surface area (Å²) in [5.41, 5.74) is 6.64. The first-order chi connectivity index (χ1) is 13.5. The van der Waals surface area contributed by atoms with Crippen LogP contribution in [0.25, 0.3) is 0 Å². The number of hydroxylamine groups is 1. The Bertz CT molecular complexity index is 946. The molecule has 1 aromatic heterocycles. The third-order valence-corrected chi connectivity index (χ3v) is 5.81. The largest absolute Gasteiger partial charge is 0.436 e. The lowest BCUT2D eigenvalue weighted by atomic mass is 9.62. The van der Waals surface area contributed by atoms with Crippen LogP contribution in [0.5, 0.6) is 5.75 Å². The van der Waals surface area contributed by atoms with E-state index >= 15 is 0 Å². The van der Waals surface area contributed by atoms with Crippen molar-refractivity contribution in [3.63, 3.8) is 0 Å². The lowest BCUT2D eigenvalue weighted by Gasteiger charge is -2.42. The van der Waals surface area contributed by atoms with Gasteiger partial charge in [0.25, 0.3) is 0 Å². The molecule has 29 heavy (non-hydrogen) atoms. The molecule has 0 saturated heterocycles. The van der Waals surface area contributed by atoms with Gasteiger partial charge in [0.15, 0.2) is 5.75 Å². The Labute approximate surface area is 171 Å². The first kappa shape index (κ1) is 21.0. The zero-order valence-corrected chi connectivity index (χ0v) is 17.9. The summed E-state index contributed by atoms with van der Waals surface area (Å²) in [6.45, 7) is 11.0. The number of aryl methyl sites for hydroxylation is 1. The number of carbonyl (C=O) groups is 2. The molecule has 6 heteroatoms. The Balaban J connectivity index is 1.93. The Hall–Kier alpha value is -2.73. The maximum Gasteiger partial charge on any atom is 0.436 e. The van der Waals surface area contributed by atoms with Gasteiger partial charge >= 0.3 is 6.09 Å². The second kappa shape index (κ2) is 7.59. The normalized spacial score (nSPS) is 16.6. The van der Waals surface area contributed by atoms with Crippen molar-refractivity contribution in [2.45, 2.75) is 58.3 Å². The van der Waals surface area contributed by atoms with Crippen LogP contribution in [-0.2, 0) is 15.7 Å². The van der Waals surface area contributed by atoms with Crippen LogP contribution in [0.3, 0.4) is 0 Å². The van der Waals surface area contributed by atoms with E-state index in [-0.39, 0.29) is 22.4 Å². The molecular formula is C23H28N2O4. The summed E-state index contributed by atoms with van der Waals surface area (Å²) in [5.74, 6) is 0.0820. The monoisotopic (exact) mass is 396 g/mol. The molecule has 2 aromatic rings. The van der Waals surface area contributed by atoms with E-state index < -0.39 is 6.09 Å². The van der Waals surface area contributed by atoms with Crippen molar-refractivity contribution in [1.29, 1.82) is 0 Å². The number of rotatable bonds is 4. The highest BCUT2D eigenvalue weighted by atomic mass is 16.7. The van der Waals surface area contributed by atoms with Crippen molar-refractivity contribution < 1.29 is 19.2 Å². The van der Waals surface area contributed by atoms with Gasteiger partial charge in [0.05, 0.1) is 13.3 Å². The van der Waals surface area contributed by atoms with Crippen LogP contribution < -0.4 is 10.2 Å². The summed E-state index contributed by atoms with van der Waals surface area (Å²) >= 11 is 0. The quantitative estimate of drug-likeness (QED) is 0.603. The standard InChI is InChI=1S/C23H28N2O4/c1-14-11-17-18(23(4,5)10-9-22(17,2)3)12-16(14)20(26)19-8-7-15(13-24-19)29-21(27)25-28-6/h7-8,11-13H,9-10H2,1-6H3,(H,25,27). The molecule has 0 atom stereocenters. The van der Waals surface area contributed by atoms with Crippen molar-refractivity contribution in [2.24, 2.45) is 0 Å². The van der Waals surface area contributed by atoms with Crippen molar-refractivity contribution in [2.75, 3.05) is 7.11 Å². The molecule has 0 spiro atoms.